The fourth-order valence-electron chi connectivity index (χ4n) is 3.12. The van der Waals surface area contributed by atoms with E-state index in [1.807, 2.05) is 12.1 Å². The highest BCUT2D eigenvalue weighted by atomic mass is 16.3. The summed E-state index contributed by atoms with van der Waals surface area (Å²) in [6.45, 7) is 6.53. The zero-order valence-corrected chi connectivity index (χ0v) is 14.6. The summed E-state index contributed by atoms with van der Waals surface area (Å²) >= 11 is 0. The molecule has 0 unspecified atom stereocenters. The molecule has 1 aromatic carbocycles. The molecule has 0 heterocycles. The van der Waals surface area contributed by atoms with E-state index >= 15 is 0 Å². The van der Waals surface area contributed by atoms with Crippen molar-refractivity contribution in [1.82, 2.24) is 4.90 Å². The summed E-state index contributed by atoms with van der Waals surface area (Å²) in [4.78, 5) is 26.0. The Kier molecular flexibility index (Phi) is 4.95. The summed E-state index contributed by atoms with van der Waals surface area (Å²) in [7, 11) is 1.58. The number of hydrogen-bond donors (Lipinski definition) is 1. The Bertz CT molecular complexity index is 578. The summed E-state index contributed by atoms with van der Waals surface area (Å²) in [6, 6.07) is 7.20. The van der Waals surface area contributed by atoms with Crippen LogP contribution in [0.1, 0.15) is 62.4 Å². The van der Waals surface area contributed by atoms with Gasteiger partial charge in [0.25, 0.3) is 5.91 Å². The molecule has 1 aliphatic rings. The van der Waals surface area contributed by atoms with Crippen LogP contribution in [0.2, 0.25) is 0 Å². The highest BCUT2D eigenvalue weighted by Crippen LogP contribution is 2.30. The van der Waals surface area contributed by atoms with Gasteiger partial charge in [-0.15, -0.1) is 0 Å². The Morgan fingerprint density at radius 3 is 2.13 bits per heavy atom. The van der Waals surface area contributed by atoms with Gasteiger partial charge in [0.05, 0.1) is 5.60 Å². The average molecular weight is 317 g/mol. The molecule has 1 saturated carbocycles. The molecule has 0 spiro atoms. The third-order valence-electron chi connectivity index (χ3n) is 4.62. The molecule has 1 aromatic rings. The molecule has 0 radical (unpaired) electrons. The maximum Gasteiger partial charge on any atom is 0.294 e. The first-order chi connectivity index (χ1) is 10.6. The van der Waals surface area contributed by atoms with Gasteiger partial charge in [-0.2, -0.15) is 0 Å². The smallest absolute Gasteiger partial charge is 0.294 e. The van der Waals surface area contributed by atoms with E-state index in [2.05, 4.69) is 20.8 Å². The number of Topliss-reactive ketones (excluding diaryl/α,β-unsaturated/α-hetero) is 1. The molecule has 126 valence electrons. The van der Waals surface area contributed by atoms with Crippen molar-refractivity contribution >= 4 is 11.7 Å². The zero-order valence-electron chi connectivity index (χ0n) is 14.6. The molecule has 1 N–H and O–H groups in total. The lowest BCUT2D eigenvalue weighted by atomic mass is 9.86. The number of ketones is 1. The molecule has 0 atom stereocenters. The van der Waals surface area contributed by atoms with E-state index in [4.69, 9.17) is 0 Å². The fourth-order valence-corrected chi connectivity index (χ4v) is 3.12. The molecular formula is C19H27NO3. The maximum atomic E-state index is 12.4. The largest absolute Gasteiger partial charge is 0.388 e. The summed E-state index contributed by atoms with van der Waals surface area (Å²) in [5.74, 6) is -1.08. The Morgan fingerprint density at radius 1 is 1.13 bits per heavy atom. The molecule has 0 aliphatic heterocycles. The predicted molar refractivity (Wildman–Crippen MR) is 90.5 cm³/mol. The highest BCUT2D eigenvalue weighted by molar-refractivity contribution is 6.42. The molecule has 0 saturated heterocycles. The third-order valence-corrected chi connectivity index (χ3v) is 4.62. The molecule has 4 heteroatoms. The standard InChI is InChI=1S/C19H27NO3/c1-18(2,3)15-9-7-14(8-10-15)16(21)17(22)20(4)13-19(23)11-5-6-12-19/h7-10,23H,5-6,11-13H2,1-4H3. The van der Waals surface area contributed by atoms with E-state index in [-0.39, 0.29) is 12.0 Å². The first-order valence-corrected chi connectivity index (χ1v) is 8.25. The quantitative estimate of drug-likeness (QED) is 0.686. The Balaban J connectivity index is 2.05. The number of carbonyl (C=O) groups is 2. The zero-order chi connectivity index (χ0) is 17.3. The van der Waals surface area contributed by atoms with Crippen LogP contribution in [0.15, 0.2) is 24.3 Å². The predicted octanol–water partition coefficient (Wildman–Crippen LogP) is 2.93. The lowest BCUT2D eigenvalue weighted by molar-refractivity contribution is -0.128. The number of hydrogen-bond acceptors (Lipinski definition) is 3. The van der Waals surface area contributed by atoms with Crippen LogP contribution in [0.25, 0.3) is 0 Å². The van der Waals surface area contributed by atoms with Gasteiger partial charge in [-0.25, -0.2) is 0 Å². The monoisotopic (exact) mass is 317 g/mol. The molecule has 1 fully saturated rings. The normalized spacial score (nSPS) is 17.1. The van der Waals surface area contributed by atoms with Gasteiger partial charge in [-0.1, -0.05) is 57.9 Å². The second kappa shape index (κ2) is 6.44. The van der Waals surface area contributed by atoms with Gasteiger partial charge in [0.15, 0.2) is 0 Å². The van der Waals surface area contributed by atoms with Gasteiger partial charge >= 0.3 is 0 Å². The van der Waals surface area contributed by atoms with Crippen LogP contribution in [0.4, 0.5) is 0 Å². The van der Waals surface area contributed by atoms with Crippen molar-refractivity contribution < 1.29 is 14.7 Å². The molecule has 2 rings (SSSR count). The van der Waals surface area contributed by atoms with Gasteiger partial charge in [0.2, 0.25) is 5.78 Å². The first kappa shape index (κ1) is 17.7. The average Bonchev–Trinajstić information content (AvgIpc) is 2.91. The van der Waals surface area contributed by atoms with Crippen LogP contribution in [0.3, 0.4) is 0 Å². The summed E-state index contributed by atoms with van der Waals surface area (Å²) in [6.07, 6.45) is 3.33. The SMILES string of the molecule is CN(CC1(O)CCCC1)C(=O)C(=O)c1ccc(C(C)(C)C)cc1. The minimum Gasteiger partial charge on any atom is -0.388 e. The number of benzene rings is 1. The minimum atomic E-state index is -0.833. The summed E-state index contributed by atoms with van der Waals surface area (Å²) in [5, 5.41) is 10.4. The first-order valence-electron chi connectivity index (χ1n) is 8.25. The molecule has 1 aliphatic carbocycles. The van der Waals surface area contributed by atoms with Crippen molar-refractivity contribution in [3.63, 3.8) is 0 Å². The van der Waals surface area contributed by atoms with Crippen LogP contribution in [-0.4, -0.2) is 40.9 Å². The molecule has 0 aromatic heterocycles. The summed E-state index contributed by atoms with van der Waals surface area (Å²) in [5.41, 5.74) is 0.693. The molecule has 1 amide bonds. The van der Waals surface area contributed by atoms with Crippen molar-refractivity contribution in [2.75, 3.05) is 13.6 Å². The van der Waals surface area contributed by atoms with Gasteiger partial charge in [-0.05, 0) is 23.8 Å². The molecule has 4 nitrogen and oxygen atoms in total. The number of carbonyl (C=O) groups excluding carboxylic acids is 2. The van der Waals surface area contributed by atoms with Gasteiger partial charge < -0.3 is 10.0 Å². The van der Waals surface area contributed by atoms with E-state index in [1.54, 1.807) is 19.2 Å². The number of likely N-dealkylation sites (N-methyl/N-ethyl adjacent to an activating group) is 1. The second-order valence-corrected chi connectivity index (χ2v) is 7.75. The lowest BCUT2D eigenvalue weighted by Gasteiger charge is -2.28. The van der Waals surface area contributed by atoms with E-state index in [0.717, 1.165) is 18.4 Å². The van der Waals surface area contributed by atoms with Crippen molar-refractivity contribution in [2.24, 2.45) is 0 Å². The molecular weight excluding hydrogens is 290 g/mol. The van der Waals surface area contributed by atoms with Crippen molar-refractivity contribution in [1.29, 1.82) is 0 Å². The maximum absolute atomic E-state index is 12.4. The molecule has 0 bridgehead atoms. The van der Waals surface area contributed by atoms with Crippen molar-refractivity contribution in [3.05, 3.63) is 35.4 Å². The highest BCUT2D eigenvalue weighted by Gasteiger charge is 2.34. The van der Waals surface area contributed by atoms with Crippen molar-refractivity contribution in [2.45, 2.75) is 57.5 Å². The topological polar surface area (TPSA) is 57.6 Å². The number of nitrogens with zero attached hydrogens (tertiary/aromatic N) is 1. The third kappa shape index (κ3) is 4.20. The van der Waals surface area contributed by atoms with Crippen LogP contribution >= 0.6 is 0 Å². The van der Waals surface area contributed by atoms with E-state index in [1.165, 1.54) is 4.90 Å². The van der Waals surface area contributed by atoms with Crippen LogP contribution < -0.4 is 0 Å². The Hall–Kier alpha value is -1.68. The van der Waals surface area contributed by atoms with Crippen LogP contribution in [-0.2, 0) is 10.2 Å². The minimum absolute atomic E-state index is 0.00806. The van der Waals surface area contributed by atoms with Gasteiger partial charge in [0.1, 0.15) is 0 Å². The van der Waals surface area contributed by atoms with Gasteiger partial charge in [0, 0.05) is 19.2 Å². The van der Waals surface area contributed by atoms with E-state index in [9.17, 15) is 14.7 Å². The van der Waals surface area contributed by atoms with Crippen LogP contribution in [0, 0.1) is 0 Å². The lowest BCUT2D eigenvalue weighted by Crippen LogP contribution is -2.44. The van der Waals surface area contributed by atoms with Crippen LogP contribution in [0.5, 0.6) is 0 Å². The van der Waals surface area contributed by atoms with Gasteiger partial charge in [-0.3, -0.25) is 9.59 Å². The molecule has 23 heavy (non-hydrogen) atoms. The van der Waals surface area contributed by atoms with E-state index in [0.29, 0.717) is 18.4 Å². The fraction of sp³-hybridized carbons (Fsp3) is 0.579. The number of aliphatic hydroxyl groups is 1. The number of rotatable bonds is 4. The summed E-state index contributed by atoms with van der Waals surface area (Å²) < 4.78 is 0. The van der Waals surface area contributed by atoms with Crippen molar-refractivity contribution in [3.8, 4) is 0 Å². The van der Waals surface area contributed by atoms with E-state index < -0.39 is 17.3 Å². The Labute approximate surface area is 138 Å². The second-order valence-electron chi connectivity index (χ2n) is 7.75. The number of amides is 1. The Morgan fingerprint density at radius 2 is 1.65 bits per heavy atom.